The summed E-state index contributed by atoms with van der Waals surface area (Å²) in [6.45, 7) is 11.7. The van der Waals surface area contributed by atoms with E-state index in [0.29, 0.717) is 0 Å². The highest BCUT2D eigenvalue weighted by Gasteiger charge is 1.99. The molecule has 0 spiro atoms. The molecule has 1 nitrogen and oxygen atoms in total. The van der Waals surface area contributed by atoms with Crippen LogP contribution < -0.4 is 5.32 Å². The van der Waals surface area contributed by atoms with Gasteiger partial charge in [0.15, 0.2) is 0 Å². The summed E-state index contributed by atoms with van der Waals surface area (Å²) in [5.41, 5.74) is 0. The van der Waals surface area contributed by atoms with Gasteiger partial charge in [0, 0.05) is 0 Å². The van der Waals surface area contributed by atoms with Gasteiger partial charge in [0.05, 0.1) is 0 Å². The van der Waals surface area contributed by atoms with Crippen LogP contribution in [0.5, 0.6) is 0 Å². The first-order valence-corrected chi connectivity index (χ1v) is 7.37. The molecule has 0 fully saturated rings. The van der Waals surface area contributed by atoms with Gasteiger partial charge in [-0.2, -0.15) is 0 Å². The smallest absolute Gasteiger partial charge is 0.00232 e. The fraction of sp³-hybridized carbons (Fsp3) is 1.00. The zero-order valence-electron chi connectivity index (χ0n) is 12.0. The van der Waals surface area contributed by atoms with Crippen LogP contribution in [0.25, 0.3) is 0 Å². The van der Waals surface area contributed by atoms with Crippen molar-refractivity contribution < 1.29 is 0 Å². The van der Waals surface area contributed by atoms with Gasteiger partial charge in [0.2, 0.25) is 0 Å². The van der Waals surface area contributed by atoms with Gasteiger partial charge in [-0.05, 0) is 37.8 Å². The molecule has 98 valence electrons. The Bertz CT molecular complexity index is 131. The van der Waals surface area contributed by atoms with Crippen molar-refractivity contribution in [3.63, 3.8) is 0 Å². The topological polar surface area (TPSA) is 12.0 Å². The van der Waals surface area contributed by atoms with Crippen LogP contribution in [0, 0.1) is 11.8 Å². The van der Waals surface area contributed by atoms with Crippen molar-refractivity contribution >= 4 is 0 Å². The van der Waals surface area contributed by atoms with E-state index in [2.05, 4.69) is 33.0 Å². The molecule has 0 saturated heterocycles. The minimum atomic E-state index is 0.853. The van der Waals surface area contributed by atoms with Gasteiger partial charge < -0.3 is 5.32 Å². The summed E-state index contributed by atoms with van der Waals surface area (Å²) in [5.74, 6) is 1.74. The number of hydrogen-bond acceptors (Lipinski definition) is 1. The van der Waals surface area contributed by atoms with E-state index < -0.39 is 0 Å². The van der Waals surface area contributed by atoms with Crippen molar-refractivity contribution in [1.29, 1.82) is 0 Å². The lowest BCUT2D eigenvalue weighted by molar-refractivity contribution is 0.462. The highest BCUT2D eigenvalue weighted by molar-refractivity contribution is 4.56. The van der Waals surface area contributed by atoms with Crippen molar-refractivity contribution in [1.82, 2.24) is 5.32 Å². The monoisotopic (exact) mass is 227 g/mol. The number of rotatable bonds is 11. The molecule has 0 aromatic carbocycles. The lowest BCUT2D eigenvalue weighted by Gasteiger charge is -2.11. The number of nitrogens with one attached hydrogen (secondary N) is 1. The SMILES string of the molecule is CCCC(C)CNCCCCCCC(C)C. The summed E-state index contributed by atoms with van der Waals surface area (Å²) >= 11 is 0. The Kier molecular flexibility index (Phi) is 11.4. The first-order chi connectivity index (χ1) is 7.66. The van der Waals surface area contributed by atoms with Crippen LogP contribution in [0.4, 0.5) is 0 Å². The van der Waals surface area contributed by atoms with Crippen molar-refractivity contribution in [2.75, 3.05) is 13.1 Å². The predicted molar refractivity (Wildman–Crippen MR) is 74.9 cm³/mol. The maximum atomic E-state index is 3.57. The van der Waals surface area contributed by atoms with E-state index in [0.717, 1.165) is 11.8 Å². The molecule has 0 rings (SSSR count). The van der Waals surface area contributed by atoms with Crippen molar-refractivity contribution in [2.45, 2.75) is 72.6 Å². The fourth-order valence-electron chi connectivity index (χ4n) is 2.10. The normalized spacial score (nSPS) is 13.3. The second kappa shape index (κ2) is 11.4. The summed E-state index contributed by atoms with van der Waals surface area (Å²) < 4.78 is 0. The Morgan fingerprint density at radius 1 is 0.875 bits per heavy atom. The van der Waals surface area contributed by atoms with Crippen LogP contribution in [0.3, 0.4) is 0 Å². The molecule has 16 heavy (non-hydrogen) atoms. The summed E-state index contributed by atoms with van der Waals surface area (Å²) in [5, 5.41) is 3.57. The van der Waals surface area contributed by atoms with Gasteiger partial charge in [0.1, 0.15) is 0 Å². The molecule has 1 atom stereocenters. The zero-order valence-corrected chi connectivity index (χ0v) is 12.0. The lowest BCUT2D eigenvalue weighted by Crippen LogP contribution is -2.22. The summed E-state index contributed by atoms with van der Waals surface area (Å²) in [6.07, 6.45) is 9.69. The third kappa shape index (κ3) is 12.0. The Balaban J connectivity index is 3.04. The molecule has 0 aliphatic carbocycles. The highest BCUT2D eigenvalue weighted by Crippen LogP contribution is 2.09. The molecule has 0 saturated carbocycles. The second-order valence-corrected chi connectivity index (χ2v) is 5.69. The van der Waals surface area contributed by atoms with Crippen LogP contribution in [-0.4, -0.2) is 13.1 Å². The average molecular weight is 227 g/mol. The van der Waals surface area contributed by atoms with Crippen molar-refractivity contribution in [2.24, 2.45) is 11.8 Å². The highest BCUT2D eigenvalue weighted by atomic mass is 14.8. The average Bonchev–Trinajstić information content (AvgIpc) is 2.22. The Morgan fingerprint density at radius 3 is 2.19 bits per heavy atom. The summed E-state index contributed by atoms with van der Waals surface area (Å²) in [6, 6.07) is 0. The second-order valence-electron chi connectivity index (χ2n) is 5.69. The van der Waals surface area contributed by atoms with Crippen molar-refractivity contribution in [3.05, 3.63) is 0 Å². The van der Waals surface area contributed by atoms with Gasteiger partial charge in [-0.15, -0.1) is 0 Å². The van der Waals surface area contributed by atoms with E-state index in [4.69, 9.17) is 0 Å². The van der Waals surface area contributed by atoms with Crippen LogP contribution in [-0.2, 0) is 0 Å². The maximum Gasteiger partial charge on any atom is -0.00232 e. The fourth-order valence-corrected chi connectivity index (χ4v) is 2.10. The summed E-state index contributed by atoms with van der Waals surface area (Å²) in [7, 11) is 0. The van der Waals surface area contributed by atoms with Crippen LogP contribution in [0.1, 0.15) is 72.6 Å². The molecular formula is C15H33N. The Hall–Kier alpha value is -0.0400. The van der Waals surface area contributed by atoms with Gasteiger partial charge in [-0.3, -0.25) is 0 Å². The van der Waals surface area contributed by atoms with E-state index in [1.165, 1.54) is 58.0 Å². The quantitative estimate of drug-likeness (QED) is 0.508. The van der Waals surface area contributed by atoms with Crippen LogP contribution in [0.2, 0.25) is 0 Å². The molecule has 1 N–H and O–H groups in total. The number of unbranched alkanes of at least 4 members (excludes halogenated alkanes) is 3. The minimum absolute atomic E-state index is 0.853. The summed E-state index contributed by atoms with van der Waals surface area (Å²) in [4.78, 5) is 0. The number of hydrogen-bond donors (Lipinski definition) is 1. The molecule has 0 aromatic rings. The van der Waals surface area contributed by atoms with E-state index in [1.807, 2.05) is 0 Å². The standard InChI is InChI=1S/C15H33N/c1-5-10-15(4)13-16-12-9-7-6-8-11-14(2)3/h14-16H,5-13H2,1-4H3. The molecule has 0 aromatic heterocycles. The molecule has 0 aliphatic heterocycles. The molecule has 1 unspecified atom stereocenters. The first-order valence-electron chi connectivity index (χ1n) is 7.37. The first kappa shape index (κ1) is 16.0. The third-order valence-corrected chi connectivity index (χ3v) is 3.16. The molecule has 0 radical (unpaired) electrons. The van der Waals surface area contributed by atoms with Gasteiger partial charge in [-0.25, -0.2) is 0 Å². The third-order valence-electron chi connectivity index (χ3n) is 3.16. The van der Waals surface area contributed by atoms with Crippen molar-refractivity contribution in [3.8, 4) is 0 Å². The van der Waals surface area contributed by atoms with E-state index in [1.54, 1.807) is 0 Å². The molecule has 1 heteroatoms. The van der Waals surface area contributed by atoms with E-state index in [9.17, 15) is 0 Å². The molecule has 0 aliphatic rings. The van der Waals surface area contributed by atoms with Crippen LogP contribution >= 0.6 is 0 Å². The van der Waals surface area contributed by atoms with Gasteiger partial charge in [0.25, 0.3) is 0 Å². The molecular weight excluding hydrogens is 194 g/mol. The molecule has 0 amide bonds. The molecule has 0 heterocycles. The Morgan fingerprint density at radius 2 is 1.56 bits per heavy atom. The van der Waals surface area contributed by atoms with Gasteiger partial charge in [-0.1, -0.05) is 59.8 Å². The predicted octanol–water partition coefficient (Wildman–Crippen LogP) is 4.62. The Labute approximate surface area is 103 Å². The van der Waals surface area contributed by atoms with E-state index >= 15 is 0 Å². The largest absolute Gasteiger partial charge is 0.316 e. The lowest BCUT2D eigenvalue weighted by atomic mass is 10.0. The van der Waals surface area contributed by atoms with Crippen LogP contribution in [0.15, 0.2) is 0 Å². The van der Waals surface area contributed by atoms with Gasteiger partial charge >= 0.3 is 0 Å². The zero-order chi connectivity index (χ0) is 12.2. The maximum absolute atomic E-state index is 3.57. The molecule has 0 bridgehead atoms. The van der Waals surface area contributed by atoms with E-state index in [-0.39, 0.29) is 0 Å². The minimum Gasteiger partial charge on any atom is -0.316 e.